The molecule has 2 amide bonds. The van der Waals surface area contributed by atoms with Gasteiger partial charge >= 0.3 is 0 Å². The second kappa shape index (κ2) is 9.89. The molecule has 8 nitrogen and oxygen atoms in total. The summed E-state index contributed by atoms with van der Waals surface area (Å²) in [5, 5.41) is 17.1. The lowest BCUT2D eigenvalue weighted by molar-refractivity contribution is -0.115. The number of carbonyl (C=O) groups excluding carboxylic acids is 2. The highest BCUT2D eigenvalue weighted by Crippen LogP contribution is 2.25. The second-order valence-corrected chi connectivity index (χ2v) is 6.76. The van der Waals surface area contributed by atoms with E-state index in [0.717, 1.165) is 25.9 Å². The molecule has 1 aromatic carbocycles. The van der Waals surface area contributed by atoms with Gasteiger partial charge in [0.25, 0.3) is 5.91 Å². The lowest BCUT2D eigenvalue weighted by Gasteiger charge is -2.22. The molecule has 1 aliphatic heterocycles. The molecule has 3 rings (SSSR count). The number of rotatable bonds is 5. The maximum Gasteiger partial charge on any atom is 0.273 e. The zero-order valence-electron chi connectivity index (χ0n) is 14.2. The number of nitrogens with one attached hydrogen (secondary N) is 3. The van der Waals surface area contributed by atoms with Crippen LogP contribution in [0.1, 0.15) is 29.4 Å². The van der Waals surface area contributed by atoms with E-state index in [1.54, 1.807) is 23.0 Å². The van der Waals surface area contributed by atoms with Gasteiger partial charge in [-0.1, -0.05) is 28.4 Å². The van der Waals surface area contributed by atoms with E-state index in [4.69, 9.17) is 23.2 Å². The standard InChI is InChI=1S/C16H18Cl2N6O2.ClH/c17-10-1-2-12(18)13(7-10)21-15(25)8-20-16(26)14-9-24(23-22-14)11-3-5-19-6-4-11;/h1-2,7,9,11,19H,3-6,8H2,(H,20,26)(H,21,25);1H. The Hall–Kier alpha value is -1.87. The van der Waals surface area contributed by atoms with Crippen molar-refractivity contribution < 1.29 is 9.59 Å². The smallest absolute Gasteiger partial charge is 0.273 e. The van der Waals surface area contributed by atoms with E-state index in [0.29, 0.717) is 15.7 Å². The van der Waals surface area contributed by atoms with Gasteiger partial charge in [0.2, 0.25) is 5.91 Å². The lowest BCUT2D eigenvalue weighted by atomic mass is 10.1. The third kappa shape index (κ3) is 5.80. The highest BCUT2D eigenvalue weighted by molar-refractivity contribution is 6.35. The molecular formula is C16H19Cl3N6O2. The van der Waals surface area contributed by atoms with Crippen LogP contribution in [0.5, 0.6) is 0 Å². The molecule has 0 atom stereocenters. The molecule has 1 aliphatic rings. The van der Waals surface area contributed by atoms with Gasteiger partial charge in [0, 0.05) is 5.02 Å². The number of anilines is 1. The maximum absolute atomic E-state index is 12.2. The van der Waals surface area contributed by atoms with Gasteiger partial charge in [0.05, 0.1) is 29.5 Å². The van der Waals surface area contributed by atoms with Crippen LogP contribution in [-0.4, -0.2) is 46.4 Å². The molecule has 3 N–H and O–H groups in total. The summed E-state index contributed by atoms with van der Waals surface area (Å²) in [6.45, 7) is 1.61. The summed E-state index contributed by atoms with van der Waals surface area (Å²) < 4.78 is 1.71. The van der Waals surface area contributed by atoms with Crippen LogP contribution in [0, 0.1) is 0 Å². The monoisotopic (exact) mass is 432 g/mol. The Kier molecular flexibility index (Phi) is 7.85. The van der Waals surface area contributed by atoms with Crippen molar-refractivity contribution in [1.29, 1.82) is 0 Å². The number of piperidine rings is 1. The number of carbonyl (C=O) groups is 2. The largest absolute Gasteiger partial charge is 0.342 e. The third-order valence-electron chi connectivity index (χ3n) is 4.04. The summed E-state index contributed by atoms with van der Waals surface area (Å²) in [6, 6.07) is 4.97. The SMILES string of the molecule is Cl.O=C(CNC(=O)c1cn(C2CCNCC2)nn1)Nc1cc(Cl)ccc1Cl. The summed E-state index contributed by atoms with van der Waals surface area (Å²) >= 11 is 11.9. The lowest BCUT2D eigenvalue weighted by Crippen LogP contribution is -2.33. The molecule has 1 fully saturated rings. The first-order valence-corrected chi connectivity index (χ1v) is 8.94. The highest BCUT2D eigenvalue weighted by Gasteiger charge is 2.19. The minimum absolute atomic E-state index is 0. The zero-order chi connectivity index (χ0) is 18.5. The molecule has 1 saturated heterocycles. The van der Waals surface area contributed by atoms with Crippen LogP contribution < -0.4 is 16.0 Å². The molecule has 0 unspecified atom stereocenters. The molecule has 0 radical (unpaired) electrons. The van der Waals surface area contributed by atoms with Gasteiger partial charge in [-0.3, -0.25) is 9.59 Å². The molecule has 1 aromatic heterocycles. The number of hydrogen-bond acceptors (Lipinski definition) is 5. The van der Waals surface area contributed by atoms with Gasteiger partial charge < -0.3 is 16.0 Å². The third-order valence-corrected chi connectivity index (χ3v) is 4.60. The summed E-state index contributed by atoms with van der Waals surface area (Å²) in [5.74, 6) is -0.884. The number of benzene rings is 1. The number of halogens is 3. The summed E-state index contributed by atoms with van der Waals surface area (Å²) in [5.41, 5.74) is 0.562. The number of nitrogens with zero attached hydrogens (tertiary/aromatic N) is 3. The molecule has 11 heteroatoms. The Balaban J connectivity index is 0.00000261. The van der Waals surface area contributed by atoms with Gasteiger partial charge in [0.1, 0.15) is 0 Å². The molecule has 0 saturated carbocycles. The highest BCUT2D eigenvalue weighted by atomic mass is 35.5. The van der Waals surface area contributed by atoms with Crippen LogP contribution in [-0.2, 0) is 4.79 Å². The number of aromatic nitrogens is 3. The first-order chi connectivity index (χ1) is 12.5. The van der Waals surface area contributed by atoms with E-state index >= 15 is 0 Å². The minimum Gasteiger partial charge on any atom is -0.342 e. The van der Waals surface area contributed by atoms with Gasteiger partial charge in [-0.05, 0) is 44.1 Å². The molecule has 0 spiro atoms. The van der Waals surface area contributed by atoms with E-state index in [1.807, 2.05) is 0 Å². The Morgan fingerprint density at radius 1 is 1.26 bits per heavy atom. The van der Waals surface area contributed by atoms with Crippen LogP contribution in [0.2, 0.25) is 10.0 Å². The summed E-state index contributed by atoms with van der Waals surface area (Å²) in [7, 11) is 0. The Bertz CT molecular complexity index is 807. The molecule has 0 aliphatic carbocycles. The average molecular weight is 434 g/mol. The zero-order valence-corrected chi connectivity index (χ0v) is 16.6. The van der Waals surface area contributed by atoms with E-state index in [9.17, 15) is 9.59 Å². The van der Waals surface area contributed by atoms with Gasteiger partial charge in [-0.25, -0.2) is 4.68 Å². The quantitative estimate of drug-likeness (QED) is 0.672. The van der Waals surface area contributed by atoms with Crippen molar-refractivity contribution in [3.05, 3.63) is 40.1 Å². The van der Waals surface area contributed by atoms with E-state index < -0.39 is 11.8 Å². The van der Waals surface area contributed by atoms with Crippen LogP contribution in [0.4, 0.5) is 5.69 Å². The normalized spacial score (nSPS) is 14.3. The molecule has 2 aromatic rings. The molecule has 146 valence electrons. The van der Waals surface area contributed by atoms with Crippen molar-refractivity contribution in [2.24, 2.45) is 0 Å². The fourth-order valence-corrected chi connectivity index (χ4v) is 3.01. The Morgan fingerprint density at radius 3 is 2.74 bits per heavy atom. The van der Waals surface area contributed by atoms with Crippen LogP contribution in [0.25, 0.3) is 0 Å². The second-order valence-electron chi connectivity index (χ2n) is 5.92. The van der Waals surface area contributed by atoms with Crippen LogP contribution in [0.15, 0.2) is 24.4 Å². The van der Waals surface area contributed by atoms with Gasteiger partial charge in [0.15, 0.2) is 5.69 Å². The van der Waals surface area contributed by atoms with Crippen LogP contribution >= 0.6 is 35.6 Å². The predicted molar refractivity (Wildman–Crippen MR) is 106 cm³/mol. The molecular weight excluding hydrogens is 415 g/mol. The summed E-state index contributed by atoms with van der Waals surface area (Å²) in [6.07, 6.45) is 3.48. The minimum atomic E-state index is -0.461. The van der Waals surface area contributed by atoms with Crippen LogP contribution in [0.3, 0.4) is 0 Å². The van der Waals surface area contributed by atoms with Gasteiger partial charge in [-0.15, -0.1) is 17.5 Å². The molecule has 0 bridgehead atoms. The first kappa shape index (κ1) is 21.4. The van der Waals surface area contributed by atoms with E-state index in [2.05, 4.69) is 26.3 Å². The van der Waals surface area contributed by atoms with E-state index in [1.165, 1.54) is 6.07 Å². The van der Waals surface area contributed by atoms with E-state index in [-0.39, 0.29) is 30.7 Å². The molecule has 2 heterocycles. The van der Waals surface area contributed by atoms with Crippen molar-refractivity contribution in [2.45, 2.75) is 18.9 Å². The Labute approximate surface area is 172 Å². The summed E-state index contributed by atoms with van der Waals surface area (Å²) in [4.78, 5) is 24.1. The first-order valence-electron chi connectivity index (χ1n) is 8.18. The maximum atomic E-state index is 12.2. The fraction of sp³-hybridized carbons (Fsp3) is 0.375. The topological polar surface area (TPSA) is 101 Å². The number of hydrogen-bond donors (Lipinski definition) is 3. The van der Waals surface area contributed by atoms with Crippen molar-refractivity contribution >= 4 is 53.1 Å². The molecule has 27 heavy (non-hydrogen) atoms. The van der Waals surface area contributed by atoms with Crippen molar-refractivity contribution in [3.63, 3.8) is 0 Å². The van der Waals surface area contributed by atoms with Crippen molar-refractivity contribution in [3.8, 4) is 0 Å². The average Bonchev–Trinajstić information content (AvgIpc) is 3.14. The Morgan fingerprint density at radius 2 is 2.00 bits per heavy atom. The predicted octanol–water partition coefficient (Wildman–Crippen LogP) is 2.30. The van der Waals surface area contributed by atoms with Crippen molar-refractivity contribution in [2.75, 3.05) is 25.0 Å². The van der Waals surface area contributed by atoms with Crippen molar-refractivity contribution in [1.82, 2.24) is 25.6 Å². The number of amides is 2. The van der Waals surface area contributed by atoms with Gasteiger partial charge in [-0.2, -0.15) is 0 Å². The fourth-order valence-electron chi connectivity index (χ4n) is 2.67.